The fourth-order valence-electron chi connectivity index (χ4n) is 2.57. The molecule has 0 spiro atoms. The Kier molecular flexibility index (Phi) is 5.88. The van der Waals surface area contributed by atoms with E-state index in [1.807, 2.05) is 44.2 Å². The molecule has 2 aromatic carbocycles. The molecule has 26 heavy (non-hydrogen) atoms. The van der Waals surface area contributed by atoms with Crippen molar-refractivity contribution >= 4 is 49.0 Å². The molecule has 0 aliphatic heterocycles. The van der Waals surface area contributed by atoms with Gasteiger partial charge in [-0.15, -0.1) is 0 Å². The number of fused-ring (bicyclic) bond motifs is 1. The van der Waals surface area contributed by atoms with Crippen LogP contribution in [0.2, 0.25) is 0 Å². The summed E-state index contributed by atoms with van der Waals surface area (Å²) in [6, 6.07) is 11.1. The van der Waals surface area contributed by atoms with E-state index in [0.29, 0.717) is 35.5 Å². The van der Waals surface area contributed by atoms with E-state index < -0.39 is 0 Å². The molecule has 7 heteroatoms. The van der Waals surface area contributed by atoms with E-state index in [4.69, 9.17) is 4.74 Å². The maximum Gasteiger partial charge on any atom is 0.282 e. The van der Waals surface area contributed by atoms with Crippen LogP contribution in [0.4, 0.5) is 0 Å². The van der Waals surface area contributed by atoms with Gasteiger partial charge >= 0.3 is 0 Å². The van der Waals surface area contributed by atoms with E-state index >= 15 is 0 Å². The molecule has 0 bridgehead atoms. The van der Waals surface area contributed by atoms with Gasteiger partial charge in [-0.1, -0.05) is 38.8 Å². The third-order valence-corrected chi connectivity index (χ3v) is 4.76. The van der Waals surface area contributed by atoms with E-state index in [-0.39, 0.29) is 5.56 Å². The number of hydrogen-bond acceptors (Lipinski definition) is 4. The van der Waals surface area contributed by atoms with Gasteiger partial charge in [0, 0.05) is 20.9 Å². The molecule has 0 atom stereocenters. The molecule has 1 heterocycles. The molecule has 1 aromatic heterocycles. The van der Waals surface area contributed by atoms with Gasteiger partial charge < -0.3 is 4.74 Å². The van der Waals surface area contributed by atoms with Crippen LogP contribution in [0.15, 0.2) is 55.2 Å². The summed E-state index contributed by atoms with van der Waals surface area (Å²) in [5, 5.41) is 4.93. The maximum atomic E-state index is 12.9. The summed E-state index contributed by atoms with van der Waals surface area (Å²) in [4.78, 5) is 17.5. The standard InChI is InChI=1S/C19H17Br2N3O2/c1-3-18-23-16-7-5-14(21)10-15(16)19(25)24(18)22-11-12-9-13(20)6-8-17(12)26-4-2/h5-11H,3-4H2,1-2H3. The van der Waals surface area contributed by atoms with Crippen LogP contribution in [-0.4, -0.2) is 22.5 Å². The molecule has 134 valence electrons. The maximum absolute atomic E-state index is 12.9. The fourth-order valence-corrected chi connectivity index (χ4v) is 3.31. The molecule has 0 saturated carbocycles. The van der Waals surface area contributed by atoms with Crippen molar-refractivity contribution in [2.75, 3.05) is 6.61 Å². The Morgan fingerprint density at radius 1 is 1.15 bits per heavy atom. The van der Waals surface area contributed by atoms with Gasteiger partial charge in [0.15, 0.2) is 0 Å². The summed E-state index contributed by atoms with van der Waals surface area (Å²) in [5.41, 5.74) is 1.25. The van der Waals surface area contributed by atoms with Gasteiger partial charge in [0.25, 0.3) is 5.56 Å². The van der Waals surface area contributed by atoms with Crippen LogP contribution in [0.25, 0.3) is 10.9 Å². The summed E-state index contributed by atoms with van der Waals surface area (Å²) in [6.07, 6.45) is 2.22. The third kappa shape index (κ3) is 3.88. The van der Waals surface area contributed by atoms with Crippen LogP contribution in [0, 0.1) is 0 Å². The molecular weight excluding hydrogens is 462 g/mol. The van der Waals surface area contributed by atoms with Crippen molar-refractivity contribution in [2.24, 2.45) is 5.10 Å². The molecule has 0 aliphatic carbocycles. The van der Waals surface area contributed by atoms with Crippen LogP contribution < -0.4 is 10.3 Å². The quantitative estimate of drug-likeness (QED) is 0.496. The van der Waals surface area contributed by atoms with E-state index in [2.05, 4.69) is 41.9 Å². The van der Waals surface area contributed by atoms with Crippen molar-refractivity contribution in [1.29, 1.82) is 0 Å². The third-order valence-electron chi connectivity index (χ3n) is 3.78. The minimum absolute atomic E-state index is 0.197. The number of nitrogens with zero attached hydrogens (tertiary/aromatic N) is 3. The Hall–Kier alpha value is -1.99. The topological polar surface area (TPSA) is 56.5 Å². The SMILES string of the molecule is CCOc1ccc(Br)cc1C=Nn1c(CC)nc2ccc(Br)cc2c1=O. The molecule has 0 fully saturated rings. The number of aryl methyl sites for hydroxylation is 1. The van der Waals surface area contributed by atoms with Crippen molar-refractivity contribution in [2.45, 2.75) is 20.3 Å². The molecule has 3 rings (SSSR count). The Labute approximate surface area is 168 Å². The van der Waals surface area contributed by atoms with E-state index in [1.165, 1.54) is 4.68 Å². The second-order valence-corrected chi connectivity index (χ2v) is 7.35. The highest BCUT2D eigenvalue weighted by molar-refractivity contribution is 9.10. The zero-order valence-corrected chi connectivity index (χ0v) is 17.5. The molecular formula is C19H17Br2N3O2. The molecule has 0 aliphatic rings. The number of halogens is 2. The second kappa shape index (κ2) is 8.14. The normalized spacial score (nSPS) is 11.4. The first-order chi connectivity index (χ1) is 12.5. The average molecular weight is 479 g/mol. The fraction of sp³-hybridized carbons (Fsp3) is 0.211. The van der Waals surface area contributed by atoms with E-state index in [0.717, 1.165) is 14.5 Å². The van der Waals surface area contributed by atoms with Gasteiger partial charge in [-0.2, -0.15) is 9.78 Å². The Bertz CT molecular complexity index is 1040. The van der Waals surface area contributed by atoms with Gasteiger partial charge in [-0.05, 0) is 43.3 Å². The van der Waals surface area contributed by atoms with Crippen molar-refractivity contribution in [3.05, 3.63) is 67.1 Å². The van der Waals surface area contributed by atoms with Crippen molar-refractivity contribution in [3.63, 3.8) is 0 Å². The number of rotatable bonds is 5. The Morgan fingerprint density at radius 2 is 1.88 bits per heavy atom. The van der Waals surface area contributed by atoms with Gasteiger partial charge in [0.05, 0.1) is 23.7 Å². The largest absolute Gasteiger partial charge is 0.493 e. The van der Waals surface area contributed by atoms with Crippen LogP contribution >= 0.6 is 31.9 Å². The second-order valence-electron chi connectivity index (χ2n) is 5.52. The smallest absolute Gasteiger partial charge is 0.282 e. The Balaban J connectivity index is 2.14. The van der Waals surface area contributed by atoms with E-state index in [9.17, 15) is 4.79 Å². The predicted octanol–water partition coefficient (Wildman–Crippen LogP) is 4.76. The lowest BCUT2D eigenvalue weighted by molar-refractivity contribution is 0.339. The average Bonchev–Trinajstić information content (AvgIpc) is 2.63. The summed E-state index contributed by atoms with van der Waals surface area (Å²) < 4.78 is 8.72. The number of benzene rings is 2. The van der Waals surface area contributed by atoms with Crippen LogP contribution in [0.1, 0.15) is 25.2 Å². The number of hydrogen-bond donors (Lipinski definition) is 0. The highest BCUT2D eigenvalue weighted by Crippen LogP contribution is 2.22. The first kappa shape index (κ1) is 18.8. The van der Waals surface area contributed by atoms with Gasteiger partial charge in [0.1, 0.15) is 11.6 Å². The first-order valence-corrected chi connectivity index (χ1v) is 9.80. The monoisotopic (exact) mass is 477 g/mol. The summed E-state index contributed by atoms with van der Waals surface area (Å²) in [7, 11) is 0. The summed E-state index contributed by atoms with van der Waals surface area (Å²) >= 11 is 6.85. The zero-order valence-electron chi connectivity index (χ0n) is 14.4. The number of ether oxygens (including phenoxy) is 1. The predicted molar refractivity (Wildman–Crippen MR) is 111 cm³/mol. The molecule has 0 radical (unpaired) electrons. The van der Waals surface area contributed by atoms with Gasteiger partial charge in [-0.25, -0.2) is 4.98 Å². The zero-order chi connectivity index (χ0) is 18.7. The van der Waals surface area contributed by atoms with Crippen molar-refractivity contribution < 1.29 is 4.74 Å². The molecule has 0 N–H and O–H groups in total. The summed E-state index contributed by atoms with van der Waals surface area (Å²) in [6.45, 7) is 4.42. The van der Waals surface area contributed by atoms with Crippen LogP contribution in [0.3, 0.4) is 0 Å². The van der Waals surface area contributed by atoms with E-state index in [1.54, 1.807) is 12.3 Å². The highest BCUT2D eigenvalue weighted by Gasteiger charge is 2.10. The lowest BCUT2D eigenvalue weighted by atomic mass is 10.2. The first-order valence-electron chi connectivity index (χ1n) is 8.21. The van der Waals surface area contributed by atoms with Gasteiger partial charge in [-0.3, -0.25) is 4.79 Å². The molecule has 0 unspecified atom stereocenters. The molecule has 5 nitrogen and oxygen atoms in total. The molecule has 0 saturated heterocycles. The lowest BCUT2D eigenvalue weighted by Crippen LogP contribution is -2.22. The minimum Gasteiger partial charge on any atom is -0.493 e. The van der Waals surface area contributed by atoms with Crippen molar-refractivity contribution in [3.8, 4) is 5.75 Å². The Morgan fingerprint density at radius 3 is 2.62 bits per heavy atom. The van der Waals surface area contributed by atoms with Crippen LogP contribution in [-0.2, 0) is 6.42 Å². The minimum atomic E-state index is -0.197. The molecule has 3 aromatic rings. The highest BCUT2D eigenvalue weighted by atomic mass is 79.9. The van der Waals surface area contributed by atoms with Crippen molar-refractivity contribution in [1.82, 2.24) is 9.66 Å². The molecule has 0 amide bonds. The van der Waals surface area contributed by atoms with Gasteiger partial charge in [0.2, 0.25) is 0 Å². The summed E-state index contributed by atoms with van der Waals surface area (Å²) in [5.74, 6) is 1.32. The lowest BCUT2D eigenvalue weighted by Gasteiger charge is -2.09. The number of aromatic nitrogens is 2. The van der Waals surface area contributed by atoms with Crippen LogP contribution in [0.5, 0.6) is 5.75 Å².